The van der Waals surface area contributed by atoms with Gasteiger partial charge in [-0.1, -0.05) is 41.9 Å². The Balaban J connectivity index is 2.14. The highest BCUT2D eigenvalue weighted by Crippen LogP contribution is 2.22. The van der Waals surface area contributed by atoms with Gasteiger partial charge in [-0.25, -0.2) is 0 Å². The number of nitrogens with zero attached hydrogens (tertiary/aromatic N) is 1. The van der Waals surface area contributed by atoms with Gasteiger partial charge < -0.3 is 19.7 Å². The van der Waals surface area contributed by atoms with Gasteiger partial charge in [-0.2, -0.15) is 0 Å². The lowest BCUT2D eigenvalue weighted by Crippen LogP contribution is -2.49. The molecule has 0 aromatic heterocycles. The molecular weight excluding hydrogens is 460 g/mol. The van der Waals surface area contributed by atoms with E-state index in [1.165, 1.54) is 0 Å². The van der Waals surface area contributed by atoms with Gasteiger partial charge in [0.05, 0.1) is 7.11 Å². The van der Waals surface area contributed by atoms with Crippen molar-refractivity contribution in [3.8, 4) is 11.5 Å². The molecule has 31 heavy (non-hydrogen) atoms. The average Bonchev–Trinajstić information content (AvgIpc) is 2.76. The van der Waals surface area contributed by atoms with Gasteiger partial charge in [0.2, 0.25) is 5.91 Å². The van der Waals surface area contributed by atoms with Gasteiger partial charge in [0, 0.05) is 17.6 Å². The third kappa shape index (κ3) is 7.58. The molecule has 0 fully saturated rings. The minimum atomic E-state index is -0.636. The van der Waals surface area contributed by atoms with Crippen LogP contribution < -0.4 is 14.8 Å². The smallest absolute Gasteiger partial charge is 0.261 e. The first-order chi connectivity index (χ1) is 14.7. The predicted octanol–water partition coefficient (Wildman–Crippen LogP) is 4.33. The molecule has 0 radical (unpaired) electrons. The lowest BCUT2D eigenvalue weighted by molar-refractivity contribution is -0.142. The normalized spacial score (nSPS) is 11.7. The lowest BCUT2D eigenvalue weighted by Gasteiger charge is -2.29. The maximum atomic E-state index is 13.1. The first kappa shape index (κ1) is 24.7. The molecule has 0 aliphatic carbocycles. The molecule has 7 heteroatoms. The largest absolute Gasteiger partial charge is 0.497 e. The molecule has 2 aromatic carbocycles. The van der Waals surface area contributed by atoms with Crippen LogP contribution >= 0.6 is 15.9 Å². The van der Waals surface area contributed by atoms with Gasteiger partial charge in [0.1, 0.15) is 17.5 Å². The second-order valence-corrected chi connectivity index (χ2v) is 8.74. The van der Waals surface area contributed by atoms with E-state index in [0.717, 1.165) is 21.3 Å². The molecule has 0 aliphatic rings. The van der Waals surface area contributed by atoms with Gasteiger partial charge in [-0.15, -0.1) is 0 Å². The number of hydrogen-bond donors (Lipinski definition) is 1. The molecule has 2 amide bonds. The summed E-state index contributed by atoms with van der Waals surface area (Å²) in [7, 11) is 1.60. The van der Waals surface area contributed by atoms with E-state index >= 15 is 0 Å². The van der Waals surface area contributed by atoms with Gasteiger partial charge in [0.15, 0.2) is 6.61 Å². The van der Waals surface area contributed by atoms with E-state index in [2.05, 4.69) is 21.2 Å². The molecule has 2 aromatic rings. The van der Waals surface area contributed by atoms with Gasteiger partial charge in [-0.3, -0.25) is 9.59 Å². The number of halogens is 1. The van der Waals surface area contributed by atoms with Crippen LogP contribution in [0.4, 0.5) is 0 Å². The van der Waals surface area contributed by atoms with Crippen molar-refractivity contribution in [1.29, 1.82) is 0 Å². The molecule has 168 valence electrons. The number of methoxy groups -OCH3 is 1. The van der Waals surface area contributed by atoms with Crippen LogP contribution in [0.5, 0.6) is 11.5 Å². The summed E-state index contributed by atoms with van der Waals surface area (Å²) in [5.41, 5.74) is 1.92. The highest BCUT2D eigenvalue weighted by Gasteiger charge is 2.26. The van der Waals surface area contributed by atoms with Gasteiger partial charge in [0.25, 0.3) is 5.91 Å². The zero-order valence-electron chi connectivity index (χ0n) is 18.8. The third-order valence-corrected chi connectivity index (χ3v) is 5.75. The Hall–Kier alpha value is -2.54. The van der Waals surface area contributed by atoms with Crippen molar-refractivity contribution in [3.63, 3.8) is 0 Å². The molecule has 0 spiro atoms. The fraction of sp³-hybridized carbons (Fsp3) is 0.417. The van der Waals surface area contributed by atoms with Crippen molar-refractivity contribution in [1.82, 2.24) is 10.2 Å². The van der Waals surface area contributed by atoms with E-state index in [1.807, 2.05) is 57.2 Å². The van der Waals surface area contributed by atoms with Crippen LogP contribution in [-0.4, -0.2) is 43.0 Å². The monoisotopic (exact) mass is 490 g/mol. The van der Waals surface area contributed by atoms with E-state index in [-0.39, 0.29) is 18.4 Å². The van der Waals surface area contributed by atoms with Crippen molar-refractivity contribution in [2.75, 3.05) is 20.3 Å². The van der Waals surface area contributed by atoms with Gasteiger partial charge in [-0.05, 0) is 61.2 Å². The molecule has 0 heterocycles. The molecule has 0 bridgehead atoms. The average molecular weight is 491 g/mol. The zero-order chi connectivity index (χ0) is 23.0. The number of carbonyl (C=O) groups is 2. The summed E-state index contributed by atoms with van der Waals surface area (Å²) in [6, 6.07) is 12.4. The van der Waals surface area contributed by atoms with E-state index in [9.17, 15) is 9.59 Å². The summed E-state index contributed by atoms with van der Waals surface area (Å²) < 4.78 is 11.9. The highest BCUT2D eigenvalue weighted by molar-refractivity contribution is 9.10. The number of amides is 2. The molecule has 0 unspecified atom stereocenters. The number of aryl methyl sites for hydroxylation is 1. The molecule has 0 saturated heterocycles. The quantitative estimate of drug-likeness (QED) is 0.537. The standard InChI is InChI=1S/C24H31BrN2O4/c1-16(2)13-26-24(29)18(4)27(14-19-6-8-20(30-5)9-7-19)23(28)15-31-21-10-11-22(25)17(3)12-21/h6-12,16,18H,13-15H2,1-5H3,(H,26,29)/t18-/m0/s1. The zero-order valence-corrected chi connectivity index (χ0v) is 20.4. The highest BCUT2D eigenvalue weighted by atomic mass is 79.9. The number of hydrogen-bond acceptors (Lipinski definition) is 4. The summed E-state index contributed by atoms with van der Waals surface area (Å²) in [4.78, 5) is 27.3. The number of ether oxygens (including phenoxy) is 2. The van der Waals surface area contributed by atoms with Crippen LogP contribution in [0.2, 0.25) is 0 Å². The number of benzene rings is 2. The number of rotatable bonds is 10. The van der Waals surface area contributed by atoms with Crippen LogP contribution in [0.1, 0.15) is 31.9 Å². The fourth-order valence-electron chi connectivity index (χ4n) is 2.90. The van der Waals surface area contributed by atoms with Crippen molar-refractivity contribution < 1.29 is 19.1 Å². The van der Waals surface area contributed by atoms with Gasteiger partial charge >= 0.3 is 0 Å². The Morgan fingerprint density at radius 1 is 1.06 bits per heavy atom. The summed E-state index contributed by atoms with van der Waals surface area (Å²) in [6.45, 7) is 8.44. The van der Waals surface area contributed by atoms with E-state index in [1.54, 1.807) is 25.0 Å². The Morgan fingerprint density at radius 2 is 1.71 bits per heavy atom. The Morgan fingerprint density at radius 3 is 2.29 bits per heavy atom. The summed E-state index contributed by atoms with van der Waals surface area (Å²) >= 11 is 3.46. The minimum absolute atomic E-state index is 0.154. The van der Waals surface area contributed by atoms with Crippen molar-refractivity contribution in [3.05, 3.63) is 58.1 Å². The van der Waals surface area contributed by atoms with Crippen molar-refractivity contribution in [2.24, 2.45) is 5.92 Å². The first-order valence-corrected chi connectivity index (χ1v) is 11.1. The maximum Gasteiger partial charge on any atom is 0.261 e. The summed E-state index contributed by atoms with van der Waals surface area (Å²) in [5.74, 6) is 1.22. The third-order valence-electron chi connectivity index (χ3n) is 4.86. The molecule has 0 aliphatic heterocycles. The molecule has 2 rings (SSSR count). The number of nitrogens with one attached hydrogen (secondary N) is 1. The number of carbonyl (C=O) groups excluding carboxylic acids is 2. The SMILES string of the molecule is COc1ccc(CN(C(=O)COc2ccc(Br)c(C)c2)[C@@H](C)C(=O)NCC(C)C)cc1. The van der Waals surface area contributed by atoms with Crippen LogP contribution in [0.25, 0.3) is 0 Å². The summed E-state index contributed by atoms with van der Waals surface area (Å²) in [5, 5.41) is 2.91. The van der Waals surface area contributed by atoms with Crippen LogP contribution in [-0.2, 0) is 16.1 Å². The first-order valence-electron chi connectivity index (χ1n) is 10.3. The van der Waals surface area contributed by atoms with E-state index in [0.29, 0.717) is 24.8 Å². The van der Waals surface area contributed by atoms with Crippen molar-refractivity contribution in [2.45, 2.75) is 40.3 Å². The maximum absolute atomic E-state index is 13.1. The molecular formula is C24H31BrN2O4. The second-order valence-electron chi connectivity index (χ2n) is 7.88. The van der Waals surface area contributed by atoms with Crippen LogP contribution in [0, 0.1) is 12.8 Å². The van der Waals surface area contributed by atoms with E-state index in [4.69, 9.17) is 9.47 Å². The second kappa shape index (κ2) is 11.7. The topological polar surface area (TPSA) is 67.9 Å². The lowest BCUT2D eigenvalue weighted by atomic mass is 10.1. The predicted molar refractivity (Wildman–Crippen MR) is 125 cm³/mol. The Labute approximate surface area is 193 Å². The Kier molecular flexibility index (Phi) is 9.37. The van der Waals surface area contributed by atoms with Crippen LogP contribution in [0.3, 0.4) is 0 Å². The fourth-order valence-corrected chi connectivity index (χ4v) is 3.14. The minimum Gasteiger partial charge on any atom is -0.497 e. The van der Waals surface area contributed by atoms with E-state index < -0.39 is 6.04 Å². The van der Waals surface area contributed by atoms with Crippen LogP contribution in [0.15, 0.2) is 46.9 Å². The molecule has 0 saturated carbocycles. The summed E-state index contributed by atoms with van der Waals surface area (Å²) in [6.07, 6.45) is 0. The molecule has 1 atom stereocenters. The molecule has 6 nitrogen and oxygen atoms in total. The Bertz CT molecular complexity index is 884. The van der Waals surface area contributed by atoms with Crippen molar-refractivity contribution >= 4 is 27.7 Å². The molecule has 1 N–H and O–H groups in total.